The van der Waals surface area contributed by atoms with Crippen LogP contribution in [0.25, 0.3) is 0 Å². The van der Waals surface area contributed by atoms with Crippen LogP contribution >= 0.6 is 0 Å². The predicted octanol–water partition coefficient (Wildman–Crippen LogP) is 1.45. The number of carbonyl (C=O) groups excluding carboxylic acids is 1. The number of alkyl halides is 4. The number of hydrogen-bond acceptors (Lipinski definition) is 4. The van der Waals surface area contributed by atoms with Crippen molar-refractivity contribution in [2.24, 2.45) is 0 Å². The van der Waals surface area contributed by atoms with Gasteiger partial charge in [0.1, 0.15) is 0 Å². The molecule has 0 spiro atoms. The van der Waals surface area contributed by atoms with Gasteiger partial charge in [-0.2, -0.15) is 8.78 Å². The summed E-state index contributed by atoms with van der Waals surface area (Å²) in [5, 5.41) is 5.88. The third-order valence-electron chi connectivity index (χ3n) is 3.13. The highest BCUT2D eigenvalue weighted by Crippen LogP contribution is 2.23. The van der Waals surface area contributed by atoms with Crippen LogP contribution in [-0.4, -0.2) is 49.0 Å². The number of amides is 1. The highest BCUT2D eigenvalue weighted by molar-refractivity contribution is 5.94. The van der Waals surface area contributed by atoms with Crippen molar-refractivity contribution >= 4 is 5.91 Å². The lowest BCUT2D eigenvalue weighted by Crippen LogP contribution is -2.36. The Balaban J connectivity index is 1.88. The SMILES string of the molecule is O=C(NC1CCNC1)c1ccc(OCC(F)(F)C(F)F)nc1. The van der Waals surface area contributed by atoms with Gasteiger partial charge in [0.05, 0.1) is 5.56 Å². The van der Waals surface area contributed by atoms with E-state index in [4.69, 9.17) is 0 Å². The van der Waals surface area contributed by atoms with Crippen molar-refractivity contribution < 1.29 is 27.1 Å². The number of ether oxygens (including phenoxy) is 1. The van der Waals surface area contributed by atoms with Crippen LogP contribution in [0.5, 0.6) is 5.88 Å². The molecule has 9 heteroatoms. The summed E-state index contributed by atoms with van der Waals surface area (Å²) in [5.41, 5.74) is 0.236. The maximum absolute atomic E-state index is 12.7. The monoisotopic (exact) mass is 321 g/mol. The van der Waals surface area contributed by atoms with Gasteiger partial charge in [0, 0.05) is 24.8 Å². The van der Waals surface area contributed by atoms with Crippen LogP contribution in [0.15, 0.2) is 18.3 Å². The number of halogens is 4. The second-order valence-electron chi connectivity index (χ2n) is 4.90. The minimum atomic E-state index is -4.24. The molecule has 1 aromatic rings. The molecule has 0 saturated carbocycles. The van der Waals surface area contributed by atoms with E-state index in [1.54, 1.807) is 0 Å². The largest absolute Gasteiger partial charge is 0.471 e. The number of pyridine rings is 1. The maximum Gasteiger partial charge on any atom is 0.340 e. The Morgan fingerprint density at radius 2 is 2.27 bits per heavy atom. The van der Waals surface area contributed by atoms with Gasteiger partial charge >= 0.3 is 12.3 Å². The van der Waals surface area contributed by atoms with Crippen molar-refractivity contribution in [3.63, 3.8) is 0 Å². The molecule has 5 nitrogen and oxygen atoms in total. The van der Waals surface area contributed by atoms with Gasteiger partial charge in [-0.25, -0.2) is 13.8 Å². The van der Waals surface area contributed by atoms with Crippen molar-refractivity contribution in [2.75, 3.05) is 19.7 Å². The molecule has 1 aromatic heterocycles. The smallest absolute Gasteiger partial charge is 0.340 e. The van der Waals surface area contributed by atoms with E-state index in [9.17, 15) is 22.4 Å². The zero-order valence-corrected chi connectivity index (χ0v) is 11.5. The van der Waals surface area contributed by atoms with E-state index in [1.807, 2.05) is 0 Å². The standard InChI is InChI=1S/C13H15F4N3O2/c14-12(15)13(16,17)7-22-10-2-1-8(5-19-10)11(21)20-9-3-4-18-6-9/h1-2,5,9,12,18H,3-4,6-7H2,(H,20,21). The Kier molecular flexibility index (Phi) is 5.17. The third-order valence-corrected chi connectivity index (χ3v) is 3.13. The van der Waals surface area contributed by atoms with Crippen molar-refractivity contribution in [2.45, 2.75) is 24.8 Å². The topological polar surface area (TPSA) is 63.2 Å². The summed E-state index contributed by atoms with van der Waals surface area (Å²) < 4.78 is 53.8. The lowest BCUT2D eigenvalue weighted by molar-refractivity contribution is -0.148. The first-order valence-corrected chi connectivity index (χ1v) is 6.65. The van der Waals surface area contributed by atoms with Crippen LogP contribution in [0.3, 0.4) is 0 Å². The van der Waals surface area contributed by atoms with Gasteiger partial charge in [0.15, 0.2) is 6.61 Å². The minimum absolute atomic E-state index is 0.0353. The summed E-state index contributed by atoms with van der Waals surface area (Å²) in [6.07, 6.45) is -1.84. The summed E-state index contributed by atoms with van der Waals surface area (Å²) in [7, 11) is 0. The van der Waals surface area contributed by atoms with Crippen molar-refractivity contribution in [3.05, 3.63) is 23.9 Å². The van der Waals surface area contributed by atoms with Gasteiger partial charge in [0.2, 0.25) is 5.88 Å². The highest BCUT2D eigenvalue weighted by atomic mass is 19.3. The minimum Gasteiger partial charge on any atom is -0.471 e. The molecule has 1 aliphatic rings. The molecule has 1 unspecified atom stereocenters. The number of carbonyl (C=O) groups is 1. The number of hydrogen-bond donors (Lipinski definition) is 2. The zero-order valence-electron chi connectivity index (χ0n) is 11.5. The summed E-state index contributed by atoms with van der Waals surface area (Å²) in [4.78, 5) is 15.5. The third kappa shape index (κ3) is 4.30. The van der Waals surface area contributed by atoms with Crippen LogP contribution in [0.1, 0.15) is 16.8 Å². The number of nitrogens with zero attached hydrogens (tertiary/aromatic N) is 1. The Hall–Kier alpha value is -1.90. The van der Waals surface area contributed by atoms with Crippen LogP contribution in [0, 0.1) is 0 Å². The Morgan fingerprint density at radius 3 is 2.82 bits per heavy atom. The lowest BCUT2D eigenvalue weighted by Gasteiger charge is -2.15. The fourth-order valence-electron chi connectivity index (χ4n) is 1.88. The van der Waals surface area contributed by atoms with Gasteiger partial charge in [0.25, 0.3) is 5.91 Å². The molecule has 0 bridgehead atoms. The highest BCUT2D eigenvalue weighted by Gasteiger charge is 2.41. The molecule has 0 radical (unpaired) electrons. The van der Waals surface area contributed by atoms with Crippen molar-refractivity contribution in [1.29, 1.82) is 0 Å². The fourth-order valence-corrected chi connectivity index (χ4v) is 1.88. The van der Waals surface area contributed by atoms with Gasteiger partial charge in [-0.05, 0) is 19.0 Å². The molecule has 1 aliphatic heterocycles. The molecular formula is C13H15F4N3O2. The fraction of sp³-hybridized carbons (Fsp3) is 0.538. The molecular weight excluding hydrogens is 306 g/mol. The molecule has 1 amide bonds. The van der Waals surface area contributed by atoms with Crippen LogP contribution in [0.2, 0.25) is 0 Å². The van der Waals surface area contributed by atoms with E-state index in [0.717, 1.165) is 19.2 Å². The summed E-state index contributed by atoms with van der Waals surface area (Å²) in [5.74, 6) is -4.84. The Labute approximate surface area is 124 Å². The molecule has 1 saturated heterocycles. The molecule has 1 atom stereocenters. The predicted molar refractivity (Wildman–Crippen MR) is 69.4 cm³/mol. The summed E-state index contributed by atoms with van der Waals surface area (Å²) in [6.45, 7) is 0.0361. The normalized spacial score (nSPS) is 18.5. The van der Waals surface area contributed by atoms with E-state index < -0.39 is 19.0 Å². The van der Waals surface area contributed by atoms with Gasteiger partial charge in [-0.1, -0.05) is 0 Å². The van der Waals surface area contributed by atoms with E-state index in [0.29, 0.717) is 6.54 Å². The lowest BCUT2D eigenvalue weighted by atomic mass is 10.2. The average molecular weight is 321 g/mol. The quantitative estimate of drug-likeness (QED) is 0.779. The number of rotatable bonds is 6. The maximum atomic E-state index is 12.7. The van der Waals surface area contributed by atoms with Gasteiger partial charge in [-0.15, -0.1) is 0 Å². The molecule has 22 heavy (non-hydrogen) atoms. The molecule has 0 aliphatic carbocycles. The second kappa shape index (κ2) is 6.91. The van der Waals surface area contributed by atoms with E-state index in [-0.39, 0.29) is 23.4 Å². The van der Waals surface area contributed by atoms with Crippen molar-refractivity contribution in [3.8, 4) is 5.88 Å². The molecule has 0 aromatic carbocycles. The Morgan fingerprint density at radius 1 is 1.50 bits per heavy atom. The first-order valence-electron chi connectivity index (χ1n) is 6.65. The number of aromatic nitrogens is 1. The van der Waals surface area contributed by atoms with Crippen molar-refractivity contribution in [1.82, 2.24) is 15.6 Å². The molecule has 2 heterocycles. The molecule has 2 rings (SSSR count). The second-order valence-corrected chi connectivity index (χ2v) is 4.90. The van der Waals surface area contributed by atoms with Gasteiger partial charge < -0.3 is 15.4 Å². The first-order chi connectivity index (χ1) is 10.4. The number of nitrogens with one attached hydrogen (secondary N) is 2. The summed E-state index contributed by atoms with van der Waals surface area (Å²) in [6, 6.07) is 2.55. The zero-order chi connectivity index (χ0) is 16.2. The van der Waals surface area contributed by atoms with Crippen LogP contribution < -0.4 is 15.4 Å². The molecule has 122 valence electrons. The Bertz CT molecular complexity index is 505. The molecule has 1 fully saturated rings. The van der Waals surface area contributed by atoms with E-state index in [2.05, 4.69) is 20.4 Å². The molecule has 2 N–H and O–H groups in total. The van der Waals surface area contributed by atoms with Crippen LogP contribution in [-0.2, 0) is 0 Å². The van der Waals surface area contributed by atoms with Crippen LogP contribution in [0.4, 0.5) is 17.6 Å². The van der Waals surface area contributed by atoms with Gasteiger partial charge in [-0.3, -0.25) is 4.79 Å². The van der Waals surface area contributed by atoms with E-state index >= 15 is 0 Å². The van der Waals surface area contributed by atoms with E-state index in [1.165, 1.54) is 12.1 Å². The average Bonchev–Trinajstić information content (AvgIpc) is 2.98. The summed E-state index contributed by atoms with van der Waals surface area (Å²) >= 11 is 0. The first kappa shape index (κ1) is 16.5.